The first kappa shape index (κ1) is 16.1. The summed E-state index contributed by atoms with van der Waals surface area (Å²) in [6, 6.07) is 12.4. The average molecular weight is 397 g/mol. The van der Waals surface area contributed by atoms with E-state index in [0.29, 0.717) is 0 Å². The fourth-order valence-corrected chi connectivity index (χ4v) is 3.06. The van der Waals surface area contributed by atoms with E-state index in [9.17, 15) is 0 Å². The summed E-state index contributed by atoms with van der Waals surface area (Å²) in [5, 5.41) is 3.39. The normalized spacial score (nSPS) is 12.0. The van der Waals surface area contributed by atoms with Gasteiger partial charge in [-0.05, 0) is 65.4 Å². The number of methoxy groups -OCH3 is 2. The molecule has 0 aliphatic carbocycles. The van der Waals surface area contributed by atoms with E-state index in [2.05, 4.69) is 53.0 Å². The van der Waals surface area contributed by atoms with Gasteiger partial charge in [0.1, 0.15) is 11.5 Å². The molecule has 0 aliphatic heterocycles. The minimum absolute atomic E-state index is 0.0980. The van der Waals surface area contributed by atoms with Crippen molar-refractivity contribution in [2.24, 2.45) is 0 Å². The van der Waals surface area contributed by atoms with Gasteiger partial charge in [0.15, 0.2) is 0 Å². The molecule has 0 amide bonds. The highest BCUT2D eigenvalue weighted by atomic mass is 127. The van der Waals surface area contributed by atoms with E-state index in [1.54, 1.807) is 14.2 Å². The maximum atomic E-state index is 5.37. The number of halogens is 1. The van der Waals surface area contributed by atoms with Crippen LogP contribution in [0.5, 0.6) is 11.5 Å². The third-order valence-electron chi connectivity index (χ3n) is 3.53. The lowest BCUT2D eigenvalue weighted by molar-refractivity contribution is 0.392. The lowest BCUT2D eigenvalue weighted by atomic mass is 9.97. The molecule has 0 saturated carbocycles. The minimum atomic E-state index is 0.0980. The van der Waals surface area contributed by atoms with Gasteiger partial charge < -0.3 is 14.8 Å². The number of aryl methyl sites for hydroxylation is 1. The van der Waals surface area contributed by atoms with Gasteiger partial charge in [-0.1, -0.05) is 18.2 Å². The molecule has 0 bridgehead atoms. The maximum absolute atomic E-state index is 5.37. The summed E-state index contributed by atoms with van der Waals surface area (Å²) < 4.78 is 12.0. The van der Waals surface area contributed by atoms with E-state index in [1.165, 1.54) is 14.7 Å². The van der Waals surface area contributed by atoms with Gasteiger partial charge in [-0.3, -0.25) is 0 Å². The molecule has 2 aromatic rings. The largest absolute Gasteiger partial charge is 0.497 e. The lowest BCUT2D eigenvalue weighted by Crippen LogP contribution is -2.19. The van der Waals surface area contributed by atoms with Gasteiger partial charge in [-0.25, -0.2) is 0 Å². The summed E-state index contributed by atoms with van der Waals surface area (Å²) in [6.45, 7) is 2.13. The second kappa shape index (κ2) is 7.13. The van der Waals surface area contributed by atoms with E-state index in [4.69, 9.17) is 9.47 Å². The van der Waals surface area contributed by atoms with Gasteiger partial charge >= 0.3 is 0 Å². The predicted molar refractivity (Wildman–Crippen MR) is 94.3 cm³/mol. The fraction of sp³-hybridized carbons (Fsp3) is 0.294. The van der Waals surface area contributed by atoms with Crippen molar-refractivity contribution in [3.8, 4) is 11.5 Å². The molecule has 112 valence electrons. The Hall–Kier alpha value is -1.27. The van der Waals surface area contributed by atoms with E-state index in [1.807, 2.05) is 25.2 Å². The predicted octanol–water partition coefficient (Wildman–Crippen LogP) is 3.93. The van der Waals surface area contributed by atoms with Gasteiger partial charge in [-0.15, -0.1) is 0 Å². The van der Waals surface area contributed by atoms with Crippen LogP contribution in [0.15, 0.2) is 36.4 Å². The Morgan fingerprint density at radius 1 is 1.05 bits per heavy atom. The molecular formula is C17H20INO2. The first-order chi connectivity index (χ1) is 10.1. The summed E-state index contributed by atoms with van der Waals surface area (Å²) in [5.41, 5.74) is 3.66. The second-order valence-electron chi connectivity index (χ2n) is 4.85. The smallest absolute Gasteiger partial charge is 0.122 e. The zero-order valence-electron chi connectivity index (χ0n) is 12.7. The van der Waals surface area contributed by atoms with Crippen LogP contribution in [0.3, 0.4) is 0 Å². The Kier molecular flexibility index (Phi) is 5.47. The first-order valence-electron chi connectivity index (χ1n) is 6.76. The van der Waals surface area contributed by atoms with Crippen LogP contribution in [0, 0.1) is 10.5 Å². The topological polar surface area (TPSA) is 30.5 Å². The molecule has 2 aromatic carbocycles. The fourth-order valence-electron chi connectivity index (χ4n) is 2.39. The van der Waals surface area contributed by atoms with Crippen molar-refractivity contribution in [1.82, 2.24) is 5.32 Å². The van der Waals surface area contributed by atoms with Crippen molar-refractivity contribution in [2.45, 2.75) is 13.0 Å². The number of ether oxygens (including phenoxy) is 2. The van der Waals surface area contributed by atoms with Gasteiger partial charge in [0.05, 0.1) is 20.3 Å². The first-order valence-corrected chi connectivity index (χ1v) is 7.83. The molecule has 0 aliphatic rings. The van der Waals surface area contributed by atoms with E-state index >= 15 is 0 Å². The number of hydrogen-bond donors (Lipinski definition) is 1. The molecule has 2 rings (SSSR count). The van der Waals surface area contributed by atoms with Gasteiger partial charge in [0, 0.05) is 9.64 Å². The number of nitrogens with one attached hydrogen (secondary N) is 1. The molecule has 0 saturated heterocycles. The standard InChI is InChI=1S/C17H20INO2/c1-11-6-5-7-15(16(11)18)17(19-2)12-8-13(20-3)10-14(9-12)21-4/h5-10,17,19H,1-4H3. The van der Waals surface area contributed by atoms with Crippen molar-refractivity contribution >= 4 is 22.6 Å². The summed E-state index contributed by atoms with van der Waals surface area (Å²) in [5.74, 6) is 1.60. The Morgan fingerprint density at radius 3 is 2.19 bits per heavy atom. The second-order valence-corrected chi connectivity index (χ2v) is 5.92. The number of hydrogen-bond acceptors (Lipinski definition) is 3. The minimum Gasteiger partial charge on any atom is -0.497 e. The molecule has 4 heteroatoms. The Labute approximate surface area is 139 Å². The van der Waals surface area contributed by atoms with Crippen LogP contribution in [-0.2, 0) is 0 Å². The van der Waals surface area contributed by atoms with Crippen LogP contribution in [0.25, 0.3) is 0 Å². The van der Waals surface area contributed by atoms with Crippen LogP contribution in [-0.4, -0.2) is 21.3 Å². The van der Waals surface area contributed by atoms with Gasteiger partial charge in [0.2, 0.25) is 0 Å². The third-order valence-corrected chi connectivity index (χ3v) is 5.00. The van der Waals surface area contributed by atoms with E-state index in [0.717, 1.165) is 17.1 Å². The highest BCUT2D eigenvalue weighted by molar-refractivity contribution is 14.1. The number of benzene rings is 2. The lowest BCUT2D eigenvalue weighted by Gasteiger charge is -2.21. The molecule has 0 heterocycles. The van der Waals surface area contributed by atoms with Crippen LogP contribution in [0.2, 0.25) is 0 Å². The molecule has 0 fully saturated rings. The van der Waals surface area contributed by atoms with E-state index in [-0.39, 0.29) is 6.04 Å². The highest BCUT2D eigenvalue weighted by Crippen LogP contribution is 2.32. The van der Waals surface area contributed by atoms with Gasteiger partial charge in [0.25, 0.3) is 0 Å². The van der Waals surface area contributed by atoms with Crippen LogP contribution in [0.1, 0.15) is 22.7 Å². The maximum Gasteiger partial charge on any atom is 0.122 e. The molecule has 21 heavy (non-hydrogen) atoms. The Morgan fingerprint density at radius 2 is 1.67 bits per heavy atom. The van der Waals surface area contributed by atoms with E-state index < -0.39 is 0 Å². The van der Waals surface area contributed by atoms with Crippen molar-refractivity contribution in [2.75, 3.05) is 21.3 Å². The molecule has 3 nitrogen and oxygen atoms in total. The van der Waals surface area contributed by atoms with Crippen LogP contribution in [0.4, 0.5) is 0 Å². The Balaban J connectivity index is 2.53. The van der Waals surface area contributed by atoms with Crippen LogP contribution < -0.4 is 14.8 Å². The van der Waals surface area contributed by atoms with Gasteiger partial charge in [-0.2, -0.15) is 0 Å². The summed E-state index contributed by atoms with van der Waals surface area (Å²) in [7, 11) is 5.31. The van der Waals surface area contributed by atoms with Crippen molar-refractivity contribution in [3.63, 3.8) is 0 Å². The molecule has 0 radical (unpaired) electrons. The number of rotatable bonds is 5. The highest BCUT2D eigenvalue weighted by Gasteiger charge is 2.17. The van der Waals surface area contributed by atoms with Crippen LogP contribution >= 0.6 is 22.6 Å². The molecule has 0 spiro atoms. The Bertz CT molecular complexity index is 606. The van der Waals surface area contributed by atoms with Crippen molar-refractivity contribution < 1.29 is 9.47 Å². The summed E-state index contributed by atoms with van der Waals surface area (Å²) in [6.07, 6.45) is 0. The molecule has 0 aromatic heterocycles. The zero-order chi connectivity index (χ0) is 15.4. The monoisotopic (exact) mass is 397 g/mol. The summed E-state index contributed by atoms with van der Waals surface area (Å²) in [4.78, 5) is 0. The zero-order valence-corrected chi connectivity index (χ0v) is 14.9. The molecule has 1 atom stereocenters. The molecule has 1 N–H and O–H groups in total. The quantitative estimate of drug-likeness (QED) is 0.776. The molecule has 1 unspecified atom stereocenters. The SMILES string of the molecule is CNC(c1cc(OC)cc(OC)c1)c1cccc(C)c1I. The van der Waals surface area contributed by atoms with Crippen molar-refractivity contribution in [1.29, 1.82) is 0 Å². The average Bonchev–Trinajstić information content (AvgIpc) is 2.51. The third kappa shape index (κ3) is 3.49. The summed E-state index contributed by atoms with van der Waals surface area (Å²) >= 11 is 2.40. The molecular weight excluding hydrogens is 377 g/mol. The van der Waals surface area contributed by atoms with Crippen molar-refractivity contribution in [3.05, 3.63) is 56.7 Å².